The number of fused-ring (bicyclic) bond motifs is 1. The minimum absolute atomic E-state index is 0.0762. The molecule has 2 heterocycles. The lowest BCUT2D eigenvalue weighted by atomic mass is 9.79. The van der Waals surface area contributed by atoms with Crippen molar-refractivity contribution in [2.24, 2.45) is 5.92 Å². The van der Waals surface area contributed by atoms with Gasteiger partial charge in [-0.2, -0.15) is 0 Å². The molecule has 9 heteroatoms. The van der Waals surface area contributed by atoms with Crippen molar-refractivity contribution < 1.29 is 19.2 Å². The van der Waals surface area contributed by atoms with Crippen LogP contribution >= 0.6 is 0 Å². The number of hydrogen-bond acceptors (Lipinski definition) is 7. The average molecular weight is 492 g/mol. The Bertz CT molecular complexity index is 1150. The zero-order chi connectivity index (χ0) is 25.9. The zero-order valence-corrected chi connectivity index (χ0v) is 21.0. The molecule has 0 bridgehead atoms. The van der Waals surface area contributed by atoms with Crippen LogP contribution < -0.4 is 20.9 Å². The van der Waals surface area contributed by atoms with Crippen LogP contribution in [0, 0.1) is 17.8 Å². The predicted molar refractivity (Wildman–Crippen MR) is 136 cm³/mol. The summed E-state index contributed by atoms with van der Waals surface area (Å²) in [7, 11) is 3.30. The Morgan fingerprint density at radius 3 is 2.50 bits per heavy atom. The third-order valence-corrected chi connectivity index (χ3v) is 7.27. The van der Waals surface area contributed by atoms with Gasteiger partial charge in [-0.05, 0) is 56.7 Å². The summed E-state index contributed by atoms with van der Waals surface area (Å²) >= 11 is 0. The Balaban J connectivity index is 1.41. The van der Waals surface area contributed by atoms with E-state index >= 15 is 0 Å². The quantitative estimate of drug-likeness (QED) is 0.272. The number of allylic oxidation sites excluding steroid dienone is 1. The number of benzene rings is 1. The Kier molecular flexibility index (Phi) is 7.34. The molecule has 9 nitrogen and oxygen atoms in total. The van der Waals surface area contributed by atoms with Gasteiger partial charge in [0.05, 0.1) is 17.0 Å². The van der Waals surface area contributed by atoms with Crippen molar-refractivity contribution in [1.82, 2.24) is 20.9 Å². The van der Waals surface area contributed by atoms with Gasteiger partial charge < -0.3 is 25.6 Å². The van der Waals surface area contributed by atoms with E-state index in [4.69, 9.17) is 0 Å². The first-order valence-corrected chi connectivity index (χ1v) is 12.4. The second-order valence-corrected chi connectivity index (χ2v) is 9.82. The first-order valence-electron chi connectivity index (χ1n) is 12.4. The van der Waals surface area contributed by atoms with Gasteiger partial charge in [0.25, 0.3) is 11.8 Å². The molecule has 2 fully saturated rings. The van der Waals surface area contributed by atoms with E-state index in [1.54, 1.807) is 12.1 Å². The monoisotopic (exact) mass is 491 g/mol. The lowest BCUT2D eigenvalue weighted by Crippen LogP contribution is -2.48. The molecule has 1 saturated carbocycles. The van der Waals surface area contributed by atoms with E-state index < -0.39 is 23.8 Å². The fourth-order valence-corrected chi connectivity index (χ4v) is 4.73. The highest BCUT2D eigenvalue weighted by Gasteiger charge is 2.43. The van der Waals surface area contributed by atoms with Gasteiger partial charge in [-0.3, -0.25) is 19.3 Å². The highest BCUT2D eigenvalue weighted by molar-refractivity contribution is 6.23. The number of nitrogens with one attached hydrogen (secondary N) is 3. The Morgan fingerprint density at radius 1 is 1.17 bits per heavy atom. The Labute approximate surface area is 211 Å². The highest BCUT2D eigenvalue weighted by atomic mass is 16.2. The Hall–Kier alpha value is -3.80. The number of rotatable bonds is 9. The minimum atomic E-state index is -1.02. The molecular weight excluding hydrogens is 458 g/mol. The van der Waals surface area contributed by atoms with E-state index in [9.17, 15) is 19.2 Å². The number of nitrogens with zero attached hydrogens (tertiary/aromatic N) is 2. The van der Waals surface area contributed by atoms with E-state index in [1.165, 1.54) is 26.3 Å². The number of carbonyl (C=O) groups is 4. The van der Waals surface area contributed by atoms with Crippen LogP contribution in [0.1, 0.15) is 59.7 Å². The van der Waals surface area contributed by atoms with Crippen LogP contribution in [0.4, 0.5) is 5.69 Å². The molecule has 3 amide bonds. The molecule has 1 aromatic rings. The maximum absolute atomic E-state index is 13.1. The summed E-state index contributed by atoms with van der Waals surface area (Å²) in [4.78, 5) is 52.4. The van der Waals surface area contributed by atoms with Gasteiger partial charge in [0.15, 0.2) is 0 Å². The number of amides is 3. The number of aldehydes is 1. The van der Waals surface area contributed by atoms with Gasteiger partial charge >= 0.3 is 0 Å². The van der Waals surface area contributed by atoms with Gasteiger partial charge in [0, 0.05) is 51.0 Å². The summed E-state index contributed by atoms with van der Waals surface area (Å²) in [6, 6.07) is 4.15. The first kappa shape index (κ1) is 25.3. The number of hydrogen-bond donors (Lipinski definition) is 3. The summed E-state index contributed by atoms with van der Waals surface area (Å²) in [5.41, 5.74) is 2.42. The van der Waals surface area contributed by atoms with E-state index in [2.05, 4.69) is 39.6 Å². The normalized spacial score (nSPS) is 19.4. The molecule has 0 spiro atoms. The molecule has 2 aliphatic heterocycles. The van der Waals surface area contributed by atoms with E-state index in [0.29, 0.717) is 6.29 Å². The third-order valence-electron chi connectivity index (χ3n) is 7.27. The minimum Gasteiger partial charge on any atom is -0.384 e. The summed E-state index contributed by atoms with van der Waals surface area (Å²) in [5, 5.41) is 9.08. The molecule has 3 aliphatic rings. The molecule has 190 valence electrons. The van der Waals surface area contributed by atoms with Gasteiger partial charge in [0.1, 0.15) is 18.0 Å². The number of likely N-dealkylation sites (N-methyl/N-ethyl adjacent to an activating group) is 1. The molecule has 1 saturated heterocycles. The summed E-state index contributed by atoms with van der Waals surface area (Å²) < 4.78 is 0. The van der Waals surface area contributed by atoms with Crippen molar-refractivity contribution in [1.29, 1.82) is 0 Å². The molecule has 1 atom stereocenters. The summed E-state index contributed by atoms with van der Waals surface area (Å²) in [5.74, 6) is 5.23. The number of carbonyl (C=O) groups excluding carboxylic acids is 4. The summed E-state index contributed by atoms with van der Waals surface area (Å²) in [6.45, 7) is 3.66. The Morgan fingerprint density at radius 2 is 1.89 bits per heavy atom. The van der Waals surface area contributed by atoms with Crippen LogP contribution in [-0.4, -0.2) is 67.7 Å². The molecule has 0 radical (unpaired) electrons. The smallest absolute Gasteiger partial charge is 0.262 e. The molecule has 0 aromatic heterocycles. The molecule has 1 unspecified atom stereocenters. The fourth-order valence-electron chi connectivity index (χ4n) is 4.73. The lowest BCUT2D eigenvalue weighted by molar-refractivity contribution is -0.124. The lowest BCUT2D eigenvalue weighted by Gasteiger charge is -2.39. The zero-order valence-electron chi connectivity index (χ0n) is 21.0. The topological polar surface area (TPSA) is 111 Å². The number of imide groups is 1. The van der Waals surface area contributed by atoms with Crippen molar-refractivity contribution in [2.45, 2.75) is 50.6 Å². The van der Waals surface area contributed by atoms with Gasteiger partial charge in [-0.25, -0.2) is 0 Å². The van der Waals surface area contributed by atoms with Crippen LogP contribution in [0.5, 0.6) is 0 Å². The fraction of sp³-hybridized carbons (Fsp3) is 0.481. The van der Waals surface area contributed by atoms with Crippen molar-refractivity contribution in [3.05, 3.63) is 41.2 Å². The van der Waals surface area contributed by atoms with Crippen molar-refractivity contribution in [3.8, 4) is 11.8 Å². The van der Waals surface area contributed by atoms with Gasteiger partial charge in [-0.1, -0.05) is 5.92 Å². The van der Waals surface area contributed by atoms with Crippen LogP contribution in [0.25, 0.3) is 0 Å². The van der Waals surface area contributed by atoms with Crippen molar-refractivity contribution >= 4 is 29.7 Å². The molecule has 1 aromatic carbocycles. The van der Waals surface area contributed by atoms with Crippen molar-refractivity contribution in [2.75, 3.05) is 32.1 Å². The molecular formula is C27H33N5O4. The maximum Gasteiger partial charge on any atom is 0.262 e. The van der Waals surface area contributed by atoms with E-state index in [0.717, 1.165) is 29.4 Å². The maximum atomic E-state index is 13.1. The second-order valence-electron chi connectivity index (χ2n) is 9.82. The SMILES string of the molecule is CNC(=O)C(CCC=O)N1C(=O)c2ccc(N3CC(C#C/C(=C/NC4(C)CCC4)NC)C3)cc2C1=O. The second kappa shape index (κ2) is 10.4. The standard InChI is InChI=1S/C27H33N5O4/c1-27(11-5-12-27)30-15-19(28-2)8-7-18-16-31(17-18)20-9-10-21-22(14-20)26(36)32(25(21)35)23(6-4-13-33)24(34)29-3/h9-10,13-15,18,23,28,30H,4-6,11-12,16-17H2,1-3H3,(H,29,34)/b19-15-. The van der Waals surface area contributed by atoms with Gasteiger partial charge in [-0.15, -0.1) is 0 Å². The largest absolute Gasteiger partial charge is 0.384 e. The van der Waals surface area contributed by atoms with Crippen LogP contribution in [0.15, 0.2) is 30.1 Å². The third kappa shape index (κ3) is 4.94. The van der Waals surface area contributed by atoms with Crippen LogP contribution in [0.2, 0.25) is 0 Å². The predicted octanol–water partition coefficient (Wildman–Crippen LogP) is 1.41. The van der Waals surface area contributed by atoms with E-state index in [1.807, 2.05) is 19.3 Å². The average Bonchev–Trinajstić information content (AvgIpc) is 3.08. The summed E-state index contributed by atoms with van der Waals surface area (Å²) in [6.07, 6.45) is 6.39. The van der Waals surface area contributed by atoms with Crippen LogP contribution in [-0.2, 0) is 9.59 Å². The molecule has 36 heavy (non-hydrogen) atoms. The first-order chi connectivity index (χ1) is 17.3. The highest BCUT2D eigenvalue weighted by Crippen LogP contribution is 2.33. The molecule has 4 rings (SSSR count). The van der Waals surface area contributed by atoms with Crippen molar-refractivity contribution in [3.63, 3.8) is 0 Å². The number of anilines is 1. The molecule has 3 N–H and O–H groups in total. The van der Waals surface area contributed by atoms with Gasteiger partial charge in [0.2, 0.25) is 5.91 Å². The molecule has 1 aliphatic carbocycles. The van der Waals surface area contributed by atoms with E-state index in [-0.39, 0.29) is 35.4 Å². The van der Waals surface area contributed by atoms with Crippen LogP contribution in [0.3, 0.4) is 0 Å².